The summed E-state index contributed by atoms with van der Waals surface area (Å²) in [6, 6.07) is 6.78. The van der Waals surface area contributed by atoms with E-state index in [1.54, 1.807) is 12.1 Å². The smallest absolute Gasteiger partial charge is 0.238 e. The van der Waals surface area contributed by atoms with Crippen LogP contribution in [0.3, 0.4) is 0 Å². The number of benzene rings is 1. The van der Waals surface area contributed by atoms with Gasteiger partial charge < -0.3 is 10.6 Å². The Kier molecular flexibility index (Phi) is 5.58. The molecular formula is C14H24N4O2S. The number of rotatable bonds is 6. The van der Waals surface area contributed by atoms with Crippen molar-refractivity contribution in [3.63, 3.8) is 0 Å². The number of nitrogens with zero attached hydrogens (tertiary/aromatic N) is 2. The average molecular weight is 312 g/mol. The molecule has 1 aliphatic heterocycles. The lowest BCUT2D eigenvalue weighted by atomic mass is 10.2. The van der Waals surface area contributed by atoms with Gasteiger partial charge in [0.05, 0.1) is 4.90 Å². The SMILES string of the molecule is NCCCCN1CCN(c2ccc(S(N)(=O)=O)cc2)CC1. The molecule has 0 aromatic heterocycles. The van der Waals surface area contributed by atoms with Gasteiger partial charge in [0.25, 0.3) is 0 Å². The van der Waals surface area contributed by atoms with Crippen molar-refractivity contribution < 1.29 is 8.42 Å². The number of piperazine rings is 1. The molecule has 6 nitrogen and oxygen atoms in total. The van der Waals surface area contributed by atoms with E-state index in [2.05, 4.69) is 9.80 Å². The summed E-state index contributed by atoms with van der Waals surface area (Å²) < 4.78 is 22.5. The molecule has 0 saturated carbocycles. The molecule has 0 bridgehead atoms. The largest absolute Gasteiger partial charge is 0.369 e. The zero-order valence-corrected chi connectivity index (χ0v) is 13.1. The summed E-state index contributed by atoms with van der Waals surface area (Å²) in [5, 5.41) is 5.10. The number of sulfonamides is 1. The Labute approximate surface area is 126 Å². The minimum absolute atomic E-state index is 0.159. The predicted octanol–water partition coefficient (Wildman–Crippen LogP) is 0.195. The van der Waals surface area contributed by atoms with Crippen LogP contribution in [0.4, 0.5) is 5.69 Å². The van der Waals surface area contributed by atoms with Crippen LogP contribution in [-0.2, 0) is 10.0 Å². The summed E-state index contributed by atoms with van der Waals surface area (Å²) in [5.41, 5.74) is 6.55. The van der Waals surface area contributed by atoms with Gasteiger partial charge in [-0.3, -0.25) is 4.90 Å². The first kappa shape index (κ1) is 16.2. The molecule has 1 aromatic carbocycles. The average Bonchev–Trinajstić information content (AvgIpc) is 2.48. The van der Waals surface area contributed by atoms with E-state index in [1.807, 2.05) is 12.1 Å². The van der Waals surface area contributed by atoms with Crippen LogP contribution in [0, 0.1) is 0 Å². The fourth-order valence-electron chi connectivity index (χ4n) is 2.56. The van der Waals surface area contributed by atoms with E-state index >= 15 is 0 Å². The third kappa shape index (κ3) is 4.67. The summed E-state index contributed by atoms with van der Waals surface area (Å²) in [6.07, 6.45) is 2.23. The van der Waals surface area contributed by atoms with E-state index in [4.69, 9.17) is 10.9 Å². The van der Waals surface area contributed by atoms with E-state index in [0.29, 0.717) is 0 Å². The van der Waals surface area contributed by atoms with Gasteiger partial charge >= 0.3 is 0 Å². The molecule has 2 rings (SSSR count). The van der Waals surface area contributed by atoms with Gasteiger partial charge in [0.1, 0.15) is 0 Å². The van der Waals surface area contributed by atoms with Crippen LogP contribution in [-0.4, -0.2) is 52.6 Å². The van der Waals surface area contributed by atoms with Crippen LogP contribution < -0.4 is 15.8 Å². The molecule has 1 saturated heterocycles. The van der Waals surface area contributed by atoms with Gasteiger partial charge in [0, 0.05) is 31.9 Å². The molecule has 4 N–H and O–H groups in total. The first-order chi connectivity index (χ1) is 10.0. The zero-order valence-electron chi connectivity index (χ0n) is 12.2. The first-order valence-corrected chi connectivity index (χ1v) is 8.85. The second-order valence-electron chi connectivity index (χ2n) is 5.36. The molecule has 1 fully saturated rings. The Hall–Kier alpha value is -1.15. The van der Waals surface area contributed by atoms with Crippen molar-refractivity contribution in [3.05, 3.63) is 24.3 Å². The standard InChI is InChI=1S/C14H24N4O2S/c15-7-1-2-8-17-9-11-18(12-10-17)13-3-5-14(6-4-13)21(16,19)20/h3-6H,1-2,7-12,15H2,(H2,16,19,20). The van der Waals surface area contributed by atoms with Gasteiger partial charge in [-0.1, -0.05) is 0 Å². The molecule has 1 heterocycles. The molecule has 0 atom stereocenters. The summed E-state index contributed by atoms with van der Waals surface area (Å²) in [4.78, 5) is 4.88. The van der Waals surface area contributed by atoms with Crippen molar-refractivity contribution in [2.24, 2.45) is 10.9 Å². The van der Waals surface area contributed by atoms with E-state index < -0.39 is 10.0 Å². The molecule has 0 spiro atoms. The van der Waals surface area contributed by atoms with E-state index in [0.717, 1.165) is 57.8 Å². The van der Waals surface area contributed by atoms with Crippen molar-refractivity contribution in [2.45, 2.75) is 17.7 Å². The molecule has 21 heavy (non-hydrogen) atoms. The third-order valence-corrected chi connectivity index (χ3v) is 4.76. The number of nitrogens with two attached hydrogens (primary N) is 2. The predicted molar refractivity (Wildman–Crippen MR) is 84.8 cm³/mol. The van der Waals surface area contributed by atoms with Crippen molar-refractivity contribution in [1.82, 2.24) is 4.90 Å². The van der Waals surface area contributed by atoms with E-state index in [1.165, 1.54) is 0 Å². The Morgan fingerprint density at radius 2 is 1.62 bits per heavy atom. The Bertz CT molecular complexity index is 537. The monoisotopic (exact) mass is 312 g/mol. The Balaban J connectivity index is 1.87. The highest BCUT2D eigenvalue weighted by molar-refractivity contribution is 7.89. The van der Waals surface area contributed by atoms with Gasteiger partial charge in [0.2, 0.25) is 10.0 Å². The quantitative estimate of drug-likeness (QED) is 0.732. The van der Waals surface area contributed by atoms with Crippen LogP contribution in [0.15, 0.2) is 29.2 Å². The number of primary sulfonamides is 1. The Morgan fingerprint density at radius 3 is 2.14 bits per heavy atom. The lowest BCUT2D eigenvalue weighted by molar-refractivity contribution is 0.253. The zero-order chi connectivity index (χ0) is 15.3. The lowest BCUT2D eigenvalue weighted by Gasteiger charge is -2.36. The minimum Gasteiger partial charge on any atom is -0.369 e. The van der Waals surface area contributed by atoms with Gasteiger partial charge in [-0.15, -0.1) is 0 Å². The van der Waals surface area contributed by atoms with E-state index in [-0.39, 0.29) is 4.90 Å². The molecule has 7 heteroatoms. The van der Waals surface area contributed by atoms with Gasteiger partial charge in [-0.2, -0.15) is 0 Å². The van der Waals surface area contributed by atoms with Gasteiger partial charge in [0.15, 0.2) is 0 Å². The van der Waals surface area contributed by atoms with Crippen LogP contribution in [0.5, 0.6) is 0 Å². The molecule has 0 unspecified atom stereocenters. The van der Waals surface area contributed by atoms with Crippen molar-refractivity contribution >= 4 is 15.7 Å². The highest BCUT2D eigenvalue weighted by Gasteiger charge is 2.17. The summed E-state index contributed by atoms with van der Waals surface area (Å²) in [5.74, 6) is 0. The van der Waals surface area contributed by atoms with Crippen LogP contribution in [0.2, 0.25) is 0 Å². The third-order valence-electron chi connectivity index (χ3n) is 3.83. The maximum Gasteiger partial charge on any atom is 0.238 e. The van der Waals surface area contributed by atoms with Crippen molar-refractivity contribution in [1.29, 1.82) is 0 Å². The van der Waals surface area contributed by atoms with Crippen LogP contribution in [0.1, 0.15) is 12.8 Å². The molecule has 118 valence electrons. The first-order valence-electron chi connectivity index (χ1n) is 7.31. The molecule has 0 amide bonds. The number of anilines is 1. The highest BCUT2D eigenvalue weighted by Crippen LogP contribution is 2.19. The number of hydrogen-bond donors (Lipinski definition) is 2. The second-order valence-corrected chi connectivity index (χ2v) is 6.92. The molecule has 1 aliphatic rings. The van der Waals surface area contributed by atoms with E-state index in [9.17, 15) is 8.42 Å². The summed E-state index contributed by atoms with van der Waals surface area (Å²) >= 11 is 0. The molecule has 0 aliphatic carbocycles. The van der Waals surface area contributed by atoms with Gasteiger partial charge in [-0.05, 0) is 50.2 Å². The maximum absolute atomic E-state index is 11.2. The minimum atomic E-state index is -3.61. The second kappa shape index (κ2) is 7.22. The topological polar surface area (TPSA) is 92.7 Å². The fourth-order valence-corrected chi connectivity index (χ4v) is 3.07. The molecule has 1 aromatic rings. The van der Waals surface area contributed by atoms with Gasteiger partial charge in [-0.25, -0.2) is 13.6 Å². The fraction of sp³-hybridized carbons (Fsp3) is 0.571. The number of hydrogen-bond acceptors (Lipinski definition) is 5. The molecular weight excluding hydrogens is 288 g/mol. The summed E-state index contributed by atoms with van der Waals surface area (Å²) in [7, 11) is -3.61. The van der Waals surface area contributed by atoms with Crippen molar-refractivity contribution in [2.75, 3.05) is 44.2 Å². The van der Waals surface area contributed by atoms with Crippen LogP contribution >= 0.6 is 0 Å². The van der Waals surface area contributed by atoms with Crippen LogP contribution in [0.25, 0.3) is 0 Å². The Morgan fingerprint density at radius 1 is 1.00 bits per heavy atom. The summed E-state index contributed by atoms with van der Waals surface area (Å²) in [6.45, 7) is 5.84. The number of unbranched alkanes of at least 4 members (excludes halogenated alkanes) is 1. The molecule has 0 radical (unpaired) electrons. The highest BCUT2D eigenvalue weighted by atomic mass is 32.2. The normalized spacial score (nSPS) is 17.1. The lowest BCUT2D eigenvalue weighted by Crippen LogP contribution is -2.46. The maximum atomic E-state index is 11.2. The van der Waals surface area contributed by atoms with Crippen molar-refractivity contribution in [3.8, 4) is 0 Å².